The van der Waals surface area contributed by atoms with Gasteiger partial charge in [0, 0.05) is 24.8 Å². The molecule has 3 rings (SSSR count). The summed E-state index contributed by atoms with van der Waals surface area (Å²) in [7, 11) is 1.88. The van der Waals surface area contributed by atoms with Crippen LogP contribution < -0.4 is 5.32 Å². The van der Waals surface area contributed by atoms with Gasteiger partial charge in [-0.25, -0.2) is 4.39 Å². The summed E-state index contributed by atoms with van der Waals surface area (Å²) in [5.74, 6) is -0.435. The standard InChI is InChI=1S/C15H16FN3O/c1-19-13-4-2-3-12(13)14(18-19)15(20)17-9-10-5-7-11(16)8-6-10/h5-8H,2-4,9H2,1H3,(H,17,20). The van der Waals surface area contributed by atoms with Gasteiger partial charge >= 0.3 is 0 Å². The Bertz CT molecular complexity index is 646. The molecule has 0 atom stereocenters. The molecule has 1 aliphatic carbocycles. The monoisotopic (exact) mass is 273 g/mol. The number of carbonyl (C=O) groups is 1. The lowest BCUT2D eigenvalue weighted by molar-refractivity contribution is 0.0944. The minimum Gasteiger partial charge on any atom is -0.347 e. The predicted molar refractivity (Wildman–Crippen MR) is 72.8 cm³/mol. The number of nitrogens with zero attached hydrogens (tertiary/aromatic N) is 2. The first-order valence-corrected chi connectivity index (χ1v) is 6.72. The SMILES string of the molecule is Cn1nc(C(=O)NCc2ccc(F)cc2)c2c1CCC2. The first-order valence-electron chi connectivity index (χ1n) is 6.72. The molecule has 1 heterocycles. The number of nitrogens with one attached hydrogen (secondary N) is 1. The Kier molecular flexibility index (Phi) is 3.26. The van der Waals surface area contributed by atoms with E-state index in [1.807, 2.05) is 7.05 Å². The lowest BCUT2D eigenvalue weighted by atomic mass is 10.2. The largest absolute Gasteiger partial charge is 0.347 e. The van der Waals surface area contributed by atoms with Crippen LogP contribution in [0.15, 0.2) is 24.3 Å². The Morgan fingerprint density at radius 1 is 1.35 bits per heavy atom. The van der Waals surface area contributed by atoms with Crippen molar-refractivity contribution < 1.29 is 9.18 Å². The van der Waals surface area contributed by atoms with Gasteiger partial charge in [0.05, 0.1) is 0 Å². The van der Waals surface area contributed by atoms with Crippen LogP contribution >= 0.6 is 0 Å². The molecule has 0 fully saturated rings. The third-order valence-electron chi connectivity index (χ3n) is 3.70. The number of fused-ring (bicyclic) bond motifs is 1. The molecule has 0 saturated heterocycles. The zero-order valence-electron chi connectivity index (χ0n) is 11.3. The summed E-state index contributed by atoms with van der Waals surface area (Å²) in [4.78, 5) is 12.2. The second kappa shape index (κ2) is 5.07. The van der Waals surface area contributed by atoms with E-state index in [9.17, 15) is 9.18 Å². The van der Waals surface area contributed by atoms with Gasteiger partial charge < -0.3 is 5.32 Å². The van der Waals surface area contributed by atoms with Crippen molar-refractivity contribution in [3.05, 3.63) is 52.6 Å². The van der Waals surface area contributed by atoms with E-state index in [0.717, 1.165) is 36.1 Å². The van der Waals surface area contributed by atoms with Crippen LogP contribution in [0.5, 0.6) is 0 Å². The van der Waals surface area contributed by atoms with Crippen LogP contribution in [0.3, 0.4) is 0 Å². The van der Waals surface area contributed by atoms with Crippen LogP contribution in [0.25, 0.3) is 0 Å². The Morgan fingerprint density at radius 3 is 2.85 bits per heavy atom. The van der Waals surface area contributed by atoms with Crippen molar-refractivity contribution in [1.29, 1.82) is 0 Å². The van der Waals surface area contributed by atoms with Gasteiger partial charge in [-0.2, -0.15) is 5.10 Å². The van der Waals surface area contributed by atoms with Crippen molar-refractivity contribution in [1.82, 2.24) is 15.1 Å². The van der Waals surface area contributed by atoms with Crippen molar-refractivity contribution in [2.24, 2.45) is 7.05 Å². The van der Waals surface area contributed by atoms with Crippen LogP contribution in [0.4, 0.5) is 4.39 Å². The summed E-state index contributed by atoms with van der Waals surface area (Å²) in [5.41, 5.74) is 3.63. The van der Waals surface area contributed by atoms with Crippen molar-refractivity contribution in [2.45, 2.75) is 25.8 Å². The first-order chi connectivity index (χ1) is 9.65. The van der Waals surface area contributed by atoms with Gasteiger partial charge in [0.1, 0.15) is 5.82 Å². The molecule has 1 amide bonds. The lowest BCUT2D eigenvalue weighted by Crippen LogP contribution is -2.24. The molecule has 0 unspecified atom stereocenters. The minimum absolute atomic E-state index is 0.159. The molecule has 1 aromatic heterocycles. The van der Waals surface area contributed by atoms with Crippen molar-refractivity contribution in [3.63, 3.8) is 0 Å². The van der Waals surface area contributed by atoms with Crippen molar-refractivity contribution in [2.75, 3.05) is 0 Å². The summed E-state index contributed by atoms with van der Waals surface area (Å²) in [6.07, 6.45) is 2.99. The smallest absolute Gasteiger partial charge is 0.272 e. The van der Waals surface area contributed by atoms with E-state index in [1.165, 1.54) is 12.1 Å². The Morgan fingerprint density at radius 2 is 2.10 bits per heavy atom. The second-order valence-corrected chi connectivity index (χ2v) is 5.06. The van der Waals surface area contributed by atoms with Crippen LogP contribution in [-0.4, -0.2) is 15.7 Å². The first kappa shape index (κ1) is 12.8. The van der Waals surface area contributed by atoms with E-state index in [1.54, 1.807) is 16.8 Å². The van der Waals surface area contributed by atoms with E-state index >= 15 is 0 Å². The zero-order valence-corrected chi connectivity index (χ0v) is 11.3. The van der Waals surface area contributed by atoms with Gasteiger partial charge in [0.15, 0.2) is 5.69 Å². The molecular formula is C15H16FN3O. The maximum atomic E-state index is 12.8. The van der Waals surface area contributed by atoms with Gasteiger partial charge in [0.25, 0.3) is 5.91 Å². The highest BCUT2D eigenvalue weighted by molar-refractivity contribution is 5.94. The number of amides is 1. The summed E-state index contributed by atoms with van der Waals surface area (Å²) in [6.45, 7) is 0.379. The third-order valence-corrected chi connectivity index (χ3v) is 3.70. The molecule has 4 nitrogen and oxygen atoms in total. The van der Waals surface area contributed by atoms with E-state index in [0.29, 0.717) is 12.2 Å². The highest BCUT2D eigenvalue weighted by Crippen LogP contribution is 2.24. The molecule has 1 aromatic carbocycles. The van der Waals surface area contributed by atoms with E-state index in [4.69, 9.17) is 0 Å². The second-order valence-electron chi connectivity index (χ2n) is 5.06. The third kappa shape index (κ3) is 2.31. The molecule has 5 heteroatoms. The maximum Gasteiger partial charge on any atom is 0.272 e. The van der Waals surface area contributed by atoms with Gasteiger partial charge in [-0.15, -0.1) is 0 Å². The Hall–Kier alpha value is -2.17. The van der Waals surface area contributed by atoms with E-state index < -0.39 is 0 Å². The molecular weight excluding hydrogens is 257 g/mol. The molecule has 0 spiro atoms. The fraction of sp³-hybridized carbons (Fsp3) is 0.333. The number of carbonyl (C=O) groups excluding carboxylic acids is 1. The van der Waals surface area contributed by atoms with E-state index in [-0.39, 0.29) is 11.7 Å². The zero-order chi connectivity index (χ0) is 14.1. The van der Waals surface area contributed by atoms with Crippen LogP contribution in [0.1, 0.15) is 33.7 Å². The fourth-order valence-electron chi connectivity index (χ4n) is 2.66. The Balaban J connectivity index is 1.71. The van der Waals surface area contributed by atoms with Crippen LogP contribution in [-0.2, 0) is 26.4 Å². The minimum atomic E-state index is -0.275. The number of hydrogen-bond donors (Lipinski definition) is 1. The topological polar surface area (TPSA) is 46.9 Å². The highest BCUT2D eigenvalue weighted by Gasteiger charge is 2.24. The summed E-state index contributed by atoms with van der Waals surface area (Å²) in [6, 6.07) is 6.11. The normalized spacial score (nSPS) is 13.3. The lowest BCUT2D eigenvalue weighted by Gasteiger charge is -2.04. The maximum absolute atomic E-state index is 12.8. The van der Waals surface area contributed by atoms with Crippen molar-refractivity contribution in [3.8, 4) is 0 Å². The Labute approximate surface area is 116 Å². The quantitative estimate of drug-likeness (QED) is 0.929. The molecule has 2 aromatic rings. The molecule has 0 aliphatic heterocycles. The van der Waals surface area contributed by atoms with Crippen LogP contribution in [0.2, 0.25) is 0 Å². The van der Waals surface area contributed by atoms with Gasteiger partial charge in [-0.3, -0.25) is 9.48 Å². The highest BCUT2D eigenvalue weighted by atomic mass is 19.1. The van der Waals surface area contributed by atoms with Gasteiger partial charge in [-0.05, 0) is 37.0 Å². The number of halogens is 1. The number of aryl methyl sites for hydroxylation is 1. The summed E-state index contributed by atoms with van der Waals surface area (Å²) < 4.78 is 14.6. The number of benzene rings is 1. The molecule has 1 aliphatic rings. The average molecular weight is 273 g/mol. The van der Waals surface area contributed by atoms with Gasteiger partial charge in [-0.1, -0.05) is 12.1 Å². The molecule has 0 bridgehead atoms. The van der Waals surface area contributed by atoms with Crippen LogP contribution in [0, 0.1) is 5.82 Å². The van der Waals surface area contributed by atoms with E-state index in [2.05, 4.69) is 10.4 Å². The number of aromatic nitrogens is 2. The molecule has 20 heavy (non-hydrogen) atoms. The van der Waals surface area contributed by atoms with Gasteiger partial charge in [0.2, 0.25) is 0 Å². The molecule has 0 radical (unpaired) electrons. The predicted octanol–water partition coefficient (Wildman–Crippen LogP) is 1.98. The number of hydrogen-bond acceptors (Lipinski definition) is 2. The fourth-order valence-corrected chi connectivity index (χ4v) is 2.66. The average Bonchev–Trinajstić information content (AvgIpc) is 3.02. The summed E-state index contributed by atoms with van der Waals surface area (Å²) >= 11 is 0. The number of rotatable bonds is 3. The van der Waals surface area contributed by atoms with Crippen molar-refractivity contribution >= 4 is 5.91 Å². The molecule has 104 valence electrons. The molecule has 0 saturated carbocycles. The summed E-state index contributed by atoms with van der Waals surface area (Å²) in [5, 5.41) is 7.14. The molecule has 1 N–H and O–H groups in total.